The minimum atomic E-state index is 0. The van der Waals surface area contributed by atoms with Crippen LogP contribution in [0.2, 0.25) is 5.02 Å². The molecule has 2 fully saturated rings. The molecule has 2 heterocycles. The van der Waals surface area contributed by atoms with Crippen LogP contribution >= 0.6 is 36.4 Å². The first-order valence-electron chi connectivity index (χ1n) is 11.4. The van der Waals surface area contributed by atoms with Crippen molar-refractivity contribution < 1.29 is 0 Å². The minimum Gasteiger partial charge on any atom is -0.364 e. The van der Waals surface area contributed by atoms with Crippen molar-refractivity contribution in [3.63, 3.8) is 0 Å². The molecule has 5 rings (SSSR count). The molecule has 180 valence electrons. The van der Waals surface area contributed by atoms with Crippen LogP contribution in [0.4, 0.5) is 11.8 Å². The summed E-state index contributed by atoms with van der Waals surface area (Å²) in [5.41, 5.74) is 8.96. The van der Waals surface area contributed by atoms with Crippen molar-refractivity contribution in [1.82, 2.24) is 19.5 Å². The summed E-state index contributed by atoms with van der Waals surface area (Å²) in [6.07, 6.45) is 11.0. The van der Waals surface area contributed by atoms with Gasteiger partial charge in [0.2, 0.25) is 5.95 Å². The van der Waals surface area contributed by atoms with E-state index in [0.717, 1.165) is 53.3 Å². The number of imidazole rings is 1. The molecule has 0 spiro atoms. The van der Waals surface area contributed by atoms with Crippen molar-refractivity contribution >= 4 is 59.3 Å². The summed E-state index contributed by atoms with van der Waals surface area (Å²) < 4.78 is 2.25. The minimum absolute atomic E-state index is 0. The molecule has 33 heavy (non-hydrogen) atoms. The Labute approximate surface area is 212 Å². The third-order valence-corrected chi connectivity index (χ3v) is 6.87. The summed E-state index contributed by atoms with van der Waals surface area (Å²) in [5, 5.41) is 7.79. The van der Waals surface area contributed by atoms with Crippen molar-refractivity contribution in [3.8, 4) is 0 Å². The molecule has 0 amide bonds. The maximum absolute atomic E-state index is 6.08. The number of aromatic nitrogens is 4. The van der Waals surface area contributed by atoms with E-state index in [1.807, 2.05) is 30.6 Å². The molecule has 0 bridgehead atoms. The molecule has 2 aliphatic rings. The van der Waals surface area contributed by atoms with Gasteiger partial charge in [0.15, 0.2) is 17.0 Å². The number of hydrogen-bond donors (Lipinski definition) is 3. The van der Waals surface area contributed by atoms with Gasteiger partial charge in [0.05, 0.1) is 6.33 Å². The molecule has 1 aromatic carbocycles. The lowest BCUT2D eigenvalue weighted by Gasteiger charge is -2.27. The van der Waals surface area contributed by atoms with Gasteiger partial charge in [-0.05, 0) is 56.2 Å². The Hall–Kier alpha value is -1.80. The van der Waals surface area contributed by atoms with E-state index >= 15 is 0 Å². The van der Waals surface area contributed by atoms with Gasteiger partial charge in [-0.1, -0.05) is 36.6 Å². The fraction of sp³-hybridized carbons (Fsp3) is 0.522. The van der Waals surface area contributed by atoms with Crippen LogP contribution in [0, 0.1) is 0 Å². The maximum Gasteiger partial charge on any atom is 0.227 e. The van der Waals surface area contributed by atoms with E-state index in [-0.39, 0.29) is 24.8 Å². The smallest absolute Gasteiger partial charge is 0.227 e. The van der Waals surface area contributed by atoms with Gasteiger partial charge in [0.25, 0.3) is 0 Å². The highest BCUT2D eigenvalue weighted by Crippen LogP contribution is 2.33. The molecular weight excluding hydrogens is 481 g/mol. The van der Waals surface area contributed by atoms with Crippen LogP contribution in [0.5, 0.6) is 0 Å². The number of halogens is 3. The van der Waals surface area contributed by atoms with E-state index in [1.54, 1.807) is 0 Å². The Morgan fingerprint density at radius 3 is 2.36 bits per heavy atom. The number of rotatable bonds is 6. The third-order valence-electron chi connectivity index (χ3n) is 6.62. The first-order chi connectivity index (χ1) is 15.2. The number of benzene rings is 1. The van der Waals surface area contributed by atoms with Crippen LogP contribution in [-0.4, -0.2) is 31.6 Å². The van der Waals surface area contributed by atoms with E-state index in [4.69, 9.17) is 32.3 Å². The monoisotopic (exact) mass is 511 g/mol. The average Bonchev–Trinajstić information content (AvgIpc) is 3.44. The standard InChI is InChI=1S/C23H30ClN7.2ClH/c24-16-7-5-15(6-8-16)13-26-21-20-22(31(14-27-20)19-3-1-2-4-19)30-23(29-21)28-18-11-9-17(25)10-12-18;;/h5-8,14,17-19H,1-4,9-13,25H2,(H2,26,28,29,30);2*1H. The van der Waals surface area contributed by atoms with Crippen molar-refractivity contribution in [1.29, 1.82) is 0 Å². The van der Waals surface area contributed by atoms with Crippen LogP contribution in [0.25, 0.3) is 11.2 Å². The summed E-state index contributed by atoms with van der Waals surface area (Å²) in [5.74, 6) is 1.44. The molecule has 0 saturated heterocycles. The Morgan fingerprint density at radius 2 is 1.67 bits per heavy atom. The van der Waals surface area contributed by atoms with Crippen LogP contribution in [-0.2, 0) is 6.54 Å². The molecule has 2 aliphatic carbocycles. The number of nitrogens with zero attached hydrogens (tertiary/aromatic N) is 4. The van der Waals surface area contributed by atoms with Crippen LogP contribution in [0.15, 0.2) is 30.6 Å². The van der Waals surface area contributed by atoms with Crippen molar-refractivity contribution in [3.05, 3.63) is 41.2 Å². The molecule has 0 unspecified atom stereocenters. The Morgan fingerprint density at radius 1 is 0.970 bits per heavy atom. The third kappa shape index (κ3) is 6.01. The second kappa shape index (κ2) is 11.6. The Kier molecular flexibility index (Phi) is 9.04. The van der Waals surface area contributed by atoms with Crippen molar-refractivity contribution in [2.45, 2.75) is 76.0 Å². The van der Waals surface area contributed by atoms with Crippen LogP contribution in [0.1, 0.15) is 63.0 Å². The summed E-state index contributed by atoms with van der Waals surface area (Å²) in [4.78, 5) is 14.4. The van der Waals surface area contributed by atoms with Gasteiger partial charge >= 0.3 is 0 Å². The molecule has 0 atom stereocenters. The number of nitrogens with two attached hydrogens (primary N) is 1. The molecule has 7 nitrogen and oxygen atoms in total. The van der Waals surface area contributed by atoms with Crippen LogP contribution in [0.3, 0.4) is 0 Å². The van der Waals surface area contributed by atoms with Gasteiger partial charge in [0, 0.05) is 29.7 Å². The molecule has 0 aliphatic heterocycles. The number of anilines is 2. The van der Waals surface area contributed by atoms with Gasteiger partial charge in [-0.3, -0.25) is 0 Å². The van der Waals surface area contributed by atoms with E-state index < -0.39 is 0 Å². The highest BCUT2D eigenvalue weighted by molar-refractivity contribution is 6.30. The SMILES string of the molecule is Cl.Cl.NC1CCC(Nc2nc(NCc3ccc(Cl)cc3)c3ncn(C4CCCC4)c3n2)CC1. The fourth-order valence-corrected chi connectivity index (χ4v) is 4.91. The molecular formula is C23H32Cl3N7. The van der Waals surface area contributed by atoms with E-state index in [0.29, 0.717) is 30.6 Å². The number of fused-ring (bicyclic) bond motifs is 1. The summed E-state index contributed by atoms with van der Waals surface area (Å²) >= 11 is 6.02. The van der Waals surface area contributed by atoms with Gasteiger partial charge in [0.1, 0.15) is 0 Å². The molecule has 2 aromatic heterocycles. The zero-order valence-corrected chi connectivity index (χ0v) is 20.9. The Balaban J connectivity index is 0.00000153. The summed E-state index contributed by atoms with van der Waals surface area (Å²) in [6, 6.07) is 9.02. The van der Waals surface area contributed by atoms with Crippen molar-refractivity contribution in [2.24, 2.45) is 5.73 Å². The topological polar surface area (TPSA) is 93.7 Å². The second-order valence-electron chi connectivity index (χ2n) is 8.89. The lowest BCUT2D eigenvalue weighted by molar-refractivity contribution is 0.410. The van der Waals surface area contributed by atoms with Gasteiger partial charge < -0.3 is 20.9 Å². The van der Waals surface area contributed by atoms with Crippen molar-refractivity contribution in [2.75, 3.05) is 10.6 Å². The number of hydrogen-bond acceptors (Lipinski definition) is 6. The zero-order valence-electron chi connectivity index (χ0n) is 18.5. The van der Waals surface area contributed by atoms with E-state index in [1.165, 1.54) is 25.7 Å². The number of nitrogens with one attached hydrogen (secondary N) is 2. The van der Waals surface area contributed by atoms with Crippen LogP contribution < -0.4 is 16.4 Å². The maximum atomic E-state index is 6.08. The fourth-order valence-electron chi connectivity index (χ4n) is 4.79. The lowest BCUT2D eigenvalue weighted by atomic mass is 9.92. The van der Waals surface area contributed by atoms with E-state index in [2.05, 4.69) is 15.2 Å². The van der Waals surface area contributed by atoms with Gasteiger partial charge in [-0.15, -0.1) is 24.8 Å². The largest absolute Gasteiger partial charge is 0.364 e. The van der Waals surface area contributed by atoms with Gasteiger partial charge in [-0.2, -0.15) is 9.97 Å². The Bertz CT molecular complexity index is 1030. The highest BCUT2D eigenvalue weighted by atomic mass is 35.5. The summed E-state index contributed by atoms with van der Waals surface area (Å²) in [7, 11) is 0. The molecule has 0 radical (unpaired) electrons. The lowest BCUT2D eigenvalue weighted by Crippen LogP contribution is -2.33. The predicted octanol–water partition coefficient (Wildman–Crippen LogP) is 5.73. The second-order valence-corrected chi connectivity index (χ2v) is 9.33. The zero-order chi connectivity index (χ0) is 21.2. The first-order valence-corrected chi connectivity index (χ1v) is 11.8. The molecule has 2 saturated carbocycles. The highest BCUT2D eigenvalue weighted by Gasteiger charge is 2.23. The molecule has 10 heteroatoms. The molecule has 4 N–H and O–H groups in total. The normalized spacial score (nSPS) is 20.8. The van der Waals surface area contributed by atoms with E-state index in [9.17, 15) is 0 Å². The first kappa shape index (κ1) is 25.8. The summed E-state index contributed by atoms with van der Waals surface area (Å²) in [6.45, 7) is 0.650. The predicted molar refractivity (Wildman–Crippen MR) is 140 cm³/mol. The quantitative estimate of drug-likeness (QED) is 0.390. The average molecular weight is 513 g/mol. The molecule has 3 aromatic rings. The van der Waals surface area contributed by atoms with Gasteiger partial charge in [-0.25, -0.2) is 4.98 Å².